The molecule has 2 aliphatic rings. The Hall–Kier alpha value is -2.21. The van der Waals surface area contributed by atoms with Crippen molar-refractivity contribution in [1.29, 1.82) is 0 Å². The number of fused-ring (bicyclic) bond motifs is 1. The van der Waals surface area contributed by atoms with Gasteiger partial charge >= 0.3 is 5.97 Å². The van der Waals surface area contributed by atoms with Crippen LogP contribution in [0.15, 0.2) is 24.5 Å². The summed E-state index contributed by atoms with van der Waals surface area (Å²) in [5, 5.41) is 13.7. The Morgan fingerprint density at radius 1 is 1.32 bits per heavy atom. The fourth-order valence-corrected chi connectivity index (χ4v) is 3.70. The molecule has 6 heteroatoms. The minimum atomic E-state index is -0.727. The molecule has 2 N–H and O–H groups in total. The lowest BCUT2D eigenvalue weighted by atomic mass is 9.85. The maximum absolute atomic E-state index is 11.1. The van der Waals surface area contributed by atoms with Crippen molar-refractivity contribution in [2.45, 2.75) is 44.7 Å². The van der Waals surface area contributed by atoms with E-state index in [4.69, 9.17) is 5.11 Å². The molecule has 0 amide bonds. The highest BCUT2D eigenvalue weighted by atomic mass is 16.4. The first-order chi connectivity index (χ1) is 12.1. The average molecular weight is 340 g/mol. The van der Waals surface area contributed by atoms with Gasteiger partial charge in [0.15, 0.2) is 0 Å². The summed E-state index contributed by atoms with van der Waals surface area (Å²) in [6.45, 7) is 3.14. The van der Waals surface area contributed by atoms with Crippen LogP contribution in [0.3, 0.4) is 0 Å². The van der Waals surface area contributed by atoms with Gasteiger partial charge in [0.1, 0.15) is 12.1 Å². The standard InChI is InChI=1S/C19H24N4O2/c1-12-3-2-4-16-18(12)20-11-21-19(16)22-14-7-15(8-14)23(10-17(24)25)9-13-5-6-13/h2-4,11,13-15H,5-10H2,1H3,(H,24,25)(H,20,21,22). The van der Waals surface area contributed by atoms with Crippen LogP contribution in [0.25, 0.3) is 10.9 Å². The fraction of sp³-hybridized carbons (Fsp3) is 0.526. The Bertz CT molecular complexity index is 784. The summed E-state index contributed by atoms with van der Waals surface area (Å²) in [5.41, 5.74) is 2.13. The van der Waals surface area contributed by atoms with Gasteiger partial charge in [-0.3, -0.25) is 9.69 Å². The van der Waals surface area contributed by atoms with E-state index >= 15 is 0 Å². The second-order valence-corrected chi connectivity index (χ2v) is 7.43. The minimum Gasteiger partial charge on any atom is -0.480 e. The molecular weight excluding hydrogens is 316 g/mol. The predicted molar refractivity (Wildman–Crippen MR) is 96.6 cm³/mol. The number of rotatable bonds is 7. The topological polar surface area (TPSA) is 78.4 Å². The van der Waals surface area contributed by atoms with Crippen LogP contribution >= 0.6 is 0 Å². The number of aliphatic carboxylic acids is 1. The van der Waals surface area contributed by atoms with Crippen molar-refractivity contribution in [3.05, 3.63) is 30.1 Å². The second-order valence-electron chi connectivity index (χ2n) is 7.43. The summed E-state index contributed by atoms with van der Waals surface area (Å²) in [6, 6.07) is 6.84. The zero-order chi connectivity index (χ0) is 17.4. The zero-order valence-electron chi connectivity index (χ0n) is 14.5. The molecule has 6 nitrogen and oxygen atoms in total. The van der Waals surface area contributed by atoms with Crippen LogP contribution in [-0.2, 0) is 4.79 Å². The zero-order valence-corrected chi connectivity index (χ0v) is 14.5. The molecule has 2 saturated carbocycles. The summed E-state index contributed by atoms with van der Waals surface area (Å²) < 4.78 is 0. The lowest BCUT2D eigenvalue weighted by Crippen LogP contribution is -2.52. The first kappa shape index (κ1) is 16.3. The van der Waals surface area contributed by atoms with Crippen LogP contribution in [0.1, 0.15) is 31.2 Å². The Morgan fingerprint density at radius 3 is 2.84 bits per heavy atom. The maximum Gasteiger partial charge on any atom is 0.317 e. The van der Waals surface area contributed by atoms with Gasteiger partial charge in [-0.2, -0.15) is 0 Å². The molecular formula is C19H24N4O2. The molecule has 0 aliphatic heterocycles. The smallest absolute Gasteiger partial charge is 0.317 e. The Labute approximate surface area is 147 Å². The third-order valence-corrected chi connectivity index (χ3v) is 5.36. The fourth-order valence-electron chi connectivity index (χ4n) is 3.70. The third kappa shape index (κ3) is 3.58. The van der Waals surface area contributed by atoms with Crippen molar-refractivity contribution >= 4 is 22.7 Å². The van der Waals surface area contributed by atoms with E-state index in [-0.39, 0.29) is 6.54 Å². The minimum absolute atomic E-state index is 0.156. The number of hydrogen-bond acceptors (Lipinski definition) is 5. The van der Waals surface area contributed by atoms with Crippen molar-refractivity contribution in [2.24, 2.45) is 5.92 Å². The first-order valence-corrected chi connectivity index (χ1v) is 9.03. The molecule has 25 heavy (non-hydrogen) atoms. The Balaban J connectivity index is 1.41. The van der Waals surface area contributed by atoms with E-state index < -0.39 is 5.97 Å². The second kappa shape index (κ2) is 6.59. The van der Waals surface area contributed by atoms with E-state index in [9.17, 15) is 4.79 Å². The van der Waals surface area contributed by atoms with Crippen molar-refractivity contribution in [3.63, 3.8) is 0 Å². The highest BCUT2D eigenvalue weighted by molar-refractivity contribution is 5.90. The van der Waals surface area contributed by atoms with Crippen LogP contribution < -0.4 is 5.32 Å². The van der Waals surface area contributed by atoms with Gasteiger partial charge in [0.2, 0.25) is 0 Å². The number of aryl methyl sites for hydroxylation is 1. The molecule has 0 saturated heterocycles. The summed E-state index contributed by atoms with van der Waals surface area (Å²) in [7, 11) is 0. The number of carboxylic acids is 1. The van der Waals surface area contributed by atoms with Gasteiger partial charge in [-0.1, -0.05) is 12.1 Å². The Kier molecular flexibility index (Phi) is 4.29. The van der Waals surface area contributed by atoms with Crippen LogP contribution in [0, 0.1) is 12.8 Å². The van der Waals surface area contributed by atoms with E-state index in [0.29, 0.717) is 18.0 Å². The lowest BCUT2D eigenvalue weighted by molar-refractivity contribution is -0.139. The van der Waals surface area contributed by atoms with E-state index in [1.165, 1.54) is 12.8 Å². The van der Waals surface area contributed by atoms with Crippen LogP contribution in [0.4, 0.5) is 5.82 Å². The molecule has 0 bridgehead atoms. The van der Waals surface area contributed by atoms with E-state index in [1.54, 1.807) is 6.33 Å². The van der Waals surface area contributed by atoms with Crippen molar-refractivity contribution < 1.29 is 9.90 Å². The van der Waals surface area contributed by atoms with Gasteiger partial charge in [-0.15, -0.1) is 0 Å². The maximum atomic E-state index is 11.1. The quantitative estimate of drug-likeness (QED) is 0.807. The highest BCUT2D eigenvalue weighted by Gasteiger charge is 2.37. The highest BCUT2D eigenvalue weighted by Crippen LogP contribution is 2.35. The predicted octanol–water partition coefficient (Wildman–Crippen LogP) is 2.68. The van der Waals surface area contributed by atoms with Gasteiger partial charge in [-0.05, 0) is 50.2 Å². The van der Waals surface area contributed by atoms with E-state index in [2.05, 4.69) is 33.2 Å². The molecule has 2 fully saturated rings. The summed E-state index contributed by atoms with van der Waals surface area (Å²) in [4.78, 5) is 22.1. The van der Waals surface area contributed by atoms with Crippen LogP contribution in [0.2, 0.25) is 0 Å². The summed E-state index contributed by atoms with van der Waals surface area (Å²) in [6.07, 6.45) is 6.04. The number of carbonyl (C=O) groups is 1. The van der Waals surface area contributed by atoms with E-state index in [0.717, 1.165) is 41.7 Å². The molecule has 4 rings (SSSR count). The van der Waals surface area contributed by atoms with Crippen LogP contribution in [-0.4, -0.2) is 51.1 Å². The third-order valence-electron chi connectivity index (χ3n) is 5.36. The number of anilines is 1. The largest absolute Gasteiger partial charge is 0.480 e. The monoisotopic (exact) mass is 340 g/mol. The van der Waals surface area contributed by atoms with Gasteiger partial charge in [0.05, 0.1) is 12.1 Å². The molecule has 2 aliphatic carbocycles. The summed E-state index contributed by atoms with van der Waals surface area (Å²) in [5.74, 6) is 0.860. The molecule has 0 unspecified atom stereocenters. The van der Waals surface area contributed by atoms with E-state index in [1.807, 2.05) is 12.1 Å². The number of nitrogens with one attached hydrogen (secondary N) is 1. The Morgan fingerprint density at radius 2 is 2.12 bits per heavy atom. The molecule has 1 heterocycles. The average Bonchev–Trinajstić information content (AvgIpc) is 3.34. The molecule has 0 radical (unpaired) electrons. The molecule has 0 atom stereocenters. The number of para-hydroxylation sites is 1. The molecule has 2 aromatic rings. The van der Waals surface area contributed by atoms with Crippen molar-refractivity contribution in [2.75, 3.05) is 18.4 Å². The van der Waals surface area contributed by atoms with Crippen LogP contribution in [0.5, 0.6) is 0 Å². The van der Waals surface area contributed by atoms with Gasteiger partial charge in [-0.25, -0.2) is 9.97 Å². The molecule has 0 spiro atoms. The molecule has 1 aromatic heterocycles. The molecule has 132 valence electrons. The molecule has 1 aromatic carbocycles. The summed E-state index contributed by atoms with van der Waals surface area (Å²) >= 11 is 0. The van der Waals surface area contributed by atoms with Crippen molar-refractivity contribution in [3.8, 4) is 0 Å². The van der Waals surface area contributed by atoms with Gasteiger partial charge < -0.3 is 10.4 Å². The van der Waals surface area contributed by atoms with Gasteiger partial charge in [0.25, 0.3) is 0 Å². The number of nitrogens with zero attached hydrogens (tertiary/aromatic N) is 3. The van der Waals surface area contributed by atoms with Gasteiger partial charge in [0, 0.05) is 24.0 Å². The van der Waals surface area contributed by atoms with Crippen molar-refractivity contribution in [1.82, 2.24) is 14.9 Å². The number of aromatic nitrogens is 2. The lowest BCUT2D eigenvalue weighted by Gasteiger charge is -2.43. The SMILES string of the molecule is Cc1cccc2c(NC3CC(N(CC(=O)O)CC4CC4)C3)ncnc12. The first-order valence-electron chi connectivity index (χ1n) is 9.03. The number of benzene rings is 1. The number of hydrogen-bond donors (Lipinski definition) is 2. The number of carboxylic acid groups (broad SMARTS) is 1. The normalized spacial score (nSPS) is 22.8.